The Balaban J connectivity index is -0.0000000858. The SMILES string of the molecule is CC(C)[Si](O)(C(C)C)C(C)C.CCC(C)O.CCC(C)O.CCC(C)O.[Ti]. The molecular formula is C21H52O4SiTi. The van der Waals surface area contributed by atoms with Gasteiger partial charge in [-0.2, -0.15) is 0 Å². The molecule has 0 saturated heterocycles. The zero-order valence-electron chi connectivity index (χ0n) is 20.4. The van der Waals surface area contributed by atoms with Crippen LogP contribution in [0.4, 0.5) is 0 Å². The molecule has 0 aromatic heterocycles. The summed E-state index contributed by atoms with van der Waals surface area (Å²) in [5.74, 6) is 0. The molecule has 0 aliphatic rings. The second-order valence-corrected chi connectivity index (χ2v) is 13.4. The molecule has 0 saturated carbocycles. The van der Waals surface area contributed by atoms with E-state index in [2.05, 4.69) is 41.5 Å². The van der Waals surface area contributed by atoms with Crippen molar-refractivity contribution in [2.24, 2.45) is 0 Å². The summed E-state index contributed by atoms with van der Waals surface area (Å²) in [6.07, 6.45) is 2.24. The van der Waals surface area contributed by atoms with Crippen LogP contribution in [0.25, 0.3) is 0 Å². The zero-order chi connectivity index (χ0) is 22.1. The minimum Gasteiger partial charge on any atom is -0.431 e. The van der Waals surface area contributed by atoms with Gasteiger partial charge >= 0.3 is 0 Å². The summed E-state index contributed by atoms with van der Waals surface area (Å²) in [6, 6.07) is 0. The minimum atomic E-state index is -1.98. The molecule has 0 bridgehead atoms. The van der Waals surface area contributed by atoms with E-state index >= 15 is 0 Å². The molecule has 4 nitrogen and oxygen atoms in total. The maximum absolute atomic E-state index is 10.4. The first-order valence-corrected chi connectivity index (χ1v) is 12.6. The molecule has 0 radical (unpaired) electrons. The Morgan fingerprint density at radius 1 is 0.519 bits per heavy atom. The first-order valence-electron chi connectivity index (χ1n) is 10.4. The van der Waals surface area contributed by atoms with Crippen LogP contribution in [0.2, 0.25) is 16.6 Å². The zero-order valence-corrected chi connectivity index (χ0v) is 22.9. The van der Waals surface area contributed by atoms with Gasteiger partial charge in [0.2, 0.25) is 0 Å². The summed E-state index contributed by atoms with van der Waals surface area (Å²) in [4.78, 5) is 10.4. The van der Waals surface area contributed by atoms with Gasteiger partial charge in [-0.1, -0.05) is 62.3 Å². The molecule has 0 aliphatic carbocycles. The molecular weight excluding hydrogens is 392 g/mol. The summed E-state index contributed by atoms with van der Waals surface area (Å²) < 4.78 is 0. The Morgan fingerprint density at radius 2 is 0.630 bits per heavy atom. The van der Waals surface area contributed by atoms with Gasteiger partial charge in [0.1, 0.15) is 0 Å². The number of hydrogen-bond acceptors (Lipinski definition) is 4. The fraction of sp³-hybridized carbons (Fsp3) is 1.00. The van der Waals surface area contributed by atoms with Crippen LogP contribution in [-0.4, -0.2) is 46.7 Å². The number of rotatable bonds is 6. The summed E-state index contributed by atoms with van der Waals surface area (Å²) >= 11 is 0. The summed E-state index contributed by atoms with van der Waals surface area (Å²) in [5, 5.41) is 25.1. The molecule has 3 atom stereocenters. The van der Waals surface area contributed by atoms with E-state index in [0.717, 1.165) is 19.3 Å². The Bertz CT molecular complexity index is 230. The molecule has 6 heteroatoms. The summed E-state index contributed by atoms with van der Waals surface area (Å²) in [7, 11) is -1.98. The van der Waals surface area contributed by atoms with E-state index in [-0.39, 0.29) is 40.0 Å². The molecule has 0 aromatic rings. The number of aliphatic hydroxyl groups excluding tert-OH is 3. The van der Waals surface area contributed by atoms with Crippen LogP contribution < -0.4 is 0 Å². The maximum atomic E-state index is 10.4. The van der Waals surface area contributed by atoms with E-state index < -0.39 is 8.32 Å². The minimum absolute atomic E-state index is 0. The van der Waals surface area contributed by atoms with Crippen LogP contribution in [-0.2, 0) is 21.7 Å². The van der Waals surface area contributed by atoms with Crippen molar-refractivity contribution in [1.82, 2.24) is 0 Å². The second kappa shape index (κ2) is 23.1. The molecule has 0 aliphatic heterocycles. The Labute approximate surface area is 187 Å². The standard InChI is InChI=1S/C9H22OSi.3C4H10O.Ti/c1-7(2)11(10,8(3)4)9(5)6;3*1-3-4(2)5;/h7-10H,1-6H3;3*4-5H,3H2,1-2H3;. The molecule has 3 unspecified atom stereocenters. The van der Waals surface area contributed by atoms with Crippen LogP contribution in [0, 0.1) is 0 Å². The summed E-state index contributed by atoms with van der Waals surface area (Å²) in [5.41, 5.74) is 1.42. The first kappa shape index (κ1) is 38.4. The van der Waals surface area contributed by atoms with Crippen LogP contribution in [0.5, 0.6) is 0 Å². The van der Waals surface area contributed by atoms with Gasteiger partial charge in [0, 0.05) is 21.7 Å². The van der Waals surface area contributed by atoms with E-state index in [9.17, 15) is 4.80 Å². The van der Waals surface area contributed by atoms with E-state index in [1.165, 1.54) is 0 Å². The third-order valence-corrected chi connectivity index (χ3v) is 10.1. The van der Waals surface area contributed by atoms with Crippen molar-refractivity contribution < 1.29 is 41.8 Å². The van der Waals surface area contributed by atoms with Gasteiger partial charge in [0.25, 0.3) is 0 Å². The fourth-order valence-electron chi connectivity index (χ4n) is 2.00. The van der Waals surface area contributed by atoms with Gasteiger partial charge in [-0.15, -0.1) is 0 Å². The van der Waals surface area contributed by atoms with Crippen molar-refractivity contribution in [3.05, 3.63) is 0 Å². The van der Waals surface area contributed by atoms with Crippen molar-refractivity contribution in [2.75, 3.05) is 0 Å². The van der Waals surface area contributed by atoms with Crippen molar-refractivity contribution in [1.29, 1.82) is 0 Å². The van der Waals surface area contributed by atoms with E-state index in [1.54, 1.807) is 20.8 Å². The largest absolute Gasteiger partial charge is 0.431 e. The molecule has 0 rings (SSSR count). The number of hydrogen-bond donors (Lipinski definition) is 4. The monoisotopic (exact) mass is 444 g/mol. The quantitative estimate of drug-likeness (QED) is 0.409. The van der Waals surface area contributed by atoms with Gasteiger partial charge in [-0.3, -0.25) is 0 Å². The van der Waals surface area contributed by atoms with Crippen LogP contribution >= 0.6 is 0 Å². The van der Waals surface area contributed by atoms with Gasteiger partial charge in [-0.05, 0) is 56.7 Å². The third kappa shape index (κ3) is 26.8. The number of aliphatic hydroxyl groups is 3. The molecule has 4 N–H and O–H groups in total. The van der Waals surface area contributed by atoms with Gasteiger partial charge in [-0.25, -0.2) is 0 Å². The molecule has 0 heterocycles. The molecule has 0 spiro atoms. The second-order valence-electron chi connectivity index (χ2n) is 8.12. The predicted molar refractivity (Wildman–Crippen MR) is 119 cm³/mol. The van der Waals surface area contributed by atoms with Crippen LogP contribution in [0.3, 0.4) is 0 Å². The van der Waals surface area contributed by atoms with Gasteiger partial charge in [0.15, 0.2) is 8.32 Å². The van der Waals surface area contributed by atoms with Crippen LogP contribution in [0.15, 0.2) is 0 Å². The molecule has 0 amide bonds. The Kier molecular flexibility index (Phi) is 32.8. The van der Waals surface area contributed by atoms with Crippen molar-refractivity contribution in [3.8, 4) is 0 Å². The normalized spacial score (nSPS) is 13.9. The topological polar surface area (TPSA) is 80.9 Å². The summed E-state index contributed by atoms with van der Waals surface area (Å²) in [6.45, 7) is 24.1. The third-order valence-electron chi connectivity index (χ3n) is 4.55. The van der Waals surface area contributed by atoms with Crippen molar-refractivity contribution >= 4 is 8.32 Å². The average molecular weight is 445 g/mol. The van der Waals surface area contributed by atoms with E-state index in [1.807, 2.05) is 20.8 Å². The molecule has 0 fully saturated rings. The smallest absolute Gasteiger partial charge is 0.196 e. The van der Waals surface area contributed by atoms with E-state index in [4.69, 9.17) is 15.3 Å². The van der Waals surface area contributed by atoms with Gasteiger partial charge < -0.3 is 20.1 Å². The van der Waals surface area contributed by atoms with E-state index in [0.29, 0.717) is 16.6 Å². The molecule has 0 aromatic carbocycles. The average Bonchev–Trinajstić information content (AvgIpc) is 2.54. The molecule has 27 heavy (non-hydrogen) atoms. The first-order chi connectivity index (χ1) is 11.6. The maximum Gasteiger partial charge on any atom is 0.196 e. The Hall–Kier alpha value is 0.771. The predicted octanol–water partition coefficient (Wildman–Crippen LogP) is 5.48. The van der Waals surface area contributed by atoms with Crippen molar-refractivity contribution in [2.45, 2.75) is 137 Å². The molecule has 168 valence electrons. The fourth-order valence-corrected chi connectivity index (χ4v) is 6.00. The van der Waals surface area contributed by atoms with Crippen molar-refractivity contribution in [3.63, 3.8) is 0 Å². The van der Waals surface area contributed by atoms with Gasteiger partial charge in [0.05, 0.1) is 18.3 Å². The Morgan fingerprint density at radius 3 is 0.630 bits per heavy atom. The van der Waals surface area contributed by atoms with Crippen LogP contribution in [0.1, 0.15) is 102 Å².